The second kappa shape index (κ2) is 14.8. The van der Waals surface area contributed by atoms with E-state index in [-0.39, 0.29) is 28.8 Å². The fourth-order valence-corrected chi connectivity index (χ4v) is 8.31. The average Bonchev–Trinajstić information content (AvgIpc) is 3.12. The first kappa shape index (κ1) is 35.3. The highest BCUT2D eigenvalue weighted by Gasteiger charge is 2.52. The van der Waals surface area contributed by atoms with Gasteiger partial charge in [-0.2, -0.15) is 0 Å². The highest BCUT2D eigenvalue weighted by atomic mass is 16.6. The summed E-state index contributed by atoms with van der Waals surface area (Å²) in [7, 11) is 0. The predicted octanol–water partition coefficient (Wildman–Crippen LogP) is 7.21. The van der Waals surface area contributed by atoms with Gasteiger partial charge >= 0.3 is 11.9 Å². The Bertz CT molecular complexity index is 1870. The molecule has 51 heavy (non-hydrogen) atoms. The van der Waals surface area contributed by atoms with Gasteiger partial charge < -0.3 is 20.4 Å². The molecule has 4 aromatic rings. The highest BCUT2D eigenvalue weighted by molar-refractivity contribution is 5.92. The number of nitrogens with zero attached hydrogens (tertiary/aromatic N) is 3. The molecule has 4 aromatic carbocycles. The Labute approximate surface area is 298 Å². The zero-order chi connectivity index (χ0) is 36.3. The van der Waals surface area contributed by atoms with Crippen molar-refractivity contribution in [3.05, 3.63) is 153 Å². The first-order valence-corrected chi connectivity index (χ1v) is 17.3. The molecule has 0 aromatic heterocycles. The number of carboxylic acid groups (broad SMARTS) is 2. The van der Waals surface area contributed by atoms with Crippen LogP contribution >= 0.6 is 0 Å². The van der Waals surface area contributed by atoms with Gasteiger partial charge in [0, 0.05) is 61.2 Å². The largest absolute Gasteiger partial charge is 0.481 e. The molecule has 264 valence electrons. The number of carboxylic acids is 2. The van der Waals surface area contributed by atoms with Crippen LogP contribution in [0.1, 0.15) is 67.3 Å². The molecule has 2 aliphatic rings. The number of nitrogens with one attached hydrogen (secondary N) is 1. The Hall–Kier alpha value is -5.48. The van der Waals surface area contributed by atoms with E-state index in [0.29, 0.717) is 12.1 Å². The molecule has 0 saturated carbocycles. The van der Waals surface area contributed by atoms with Crippen molar-refractivity contribution in [1.82, 2.24) is 10.2 Å². The number of piperazine rings is 1. The molecule has 2 aliphatic heterocycles. The van der Waals surface area contributed by atoms with Gasteiger partial charge in [0.25, 0.3) is 5.69 Å². The minimum atomic E-state index is -1.26. The van der Waals surface area contributed by atoms with E-state index in [1.807, 2.05) is 6.92 Å². The number of nitro benzene ring substituents is 1. The number of nitro groups is 1. The van der Waals surface area contributed by atoms with Gasteiger partial charge in [-0.25, -0.2) is 4.79 Å². The molecule has 0 spiro atoms. The third-order valence-electron chi connectivity index (χ3n) is 10.6. The summed E-state index contributed by atoms with van der Waals surface area (Å²) in [5, 5.41) is 35.7. The van der Waals surface area contributed by atoms with E-state index < -0.39 is 34.2 Å². The monoisotopic (exact) mass is 688 g/mol. The molecule has 4 unspecified atom stereocenters. The molecule has 6 rings (SSSR count). The Balaban J connectivity index is 1.19. The number of allylic oxidation sites excluding steroid dienone is 1. The fraction of sp³-hybridized carbons (Fsp3) is 0.317. The predicted molar refractivity (Wildman–Crippen MR) is 197 cm³/mol. The molecule has 4 atom stereocenters. The summed E-state index contributed by atoms with van der Waals surface area (Å²) in [4.78, 5) is 41.5. The Kier molecular flexibility index (Phi) is 10.2. The van der Waals surface area contributed by atoms with Crippen molar-refractivity contribution in [3.63, 3.8) is 0 Å². The normalized spacial score (nSPS) is 21.6. The lowest BCUT2D eigenvalue weighted by Crippen LogP contribution is -2.57. The van der Waals surface area contributed by atoms with Crippen LogP contribution in [0, 0.1) is 16.0 Å². The van der Waals surface area contributed by atoms with Gasteiger partial charge in [-0.15, -0.1) is 0 Å². The van der Waals surface area contributed by atoms with Crippen LogP contribution in [0.15, 0.2) is 120 Å². The molecule has 0 aliphatic carbocycles. The van der Waals surface area contributed by atoms with Crippen molar-refractivity contribution < 1.29 is 24.7 Å². The molecular weight excluding hydrogens is 644 g/mol. The van der Waals surface area contributed by atoms with Crippen LogP contribution in [-0.4, -0.2) is 63.7 Å². The van der Waals surface area contributed by atoms with E-state index >= 15 is 0 Å². The van der Waals surface area contributed by atoms with Crippen molar-refractivity contribution in [1.29, 1.82) is 0 Å². The van der Waals surface area contributed by atoms with Crippen molar-refractivity contribution in [2.45, 2.75) is 50.6 Å². The van der Waals surface area contributed by atoms with Crippen molar-refractivity contribution in [3.8, 4) is 0 Å². The zero-order valence-electron chi connectivity index (χ0n) is 29.1. The quantitative estimate of drug-likeness (QED) is 0.110. The Morgan fingerprint density at radius 2 is 1.45 bits per heavy atom. The van der Waals surface area contributed by atoms with Crippen molar-refractivity contribution >= 4 is 23.3 Å². The SMILES string of the molecule is CC1=C(C(=O)O)C(c2cccc([N+](=O)[O-])c2)C(C(=O)O)C(C)(CC(C)c2ccc(N3CCN(C(c4ccccc4)c4ccccc4)CC3)cc2)N1. The maximum Gasteiger partial charge on any atom is 0.333 e. The minimum Gasteiger partial charge on any atom is -0.481 e. The Morgan fingerprint density at radius 1 is 0.863 bits per heavy atom. The molecule has 10 nitrogen and oxygen atoms in total. The number of hydrogen-bond donors (Lipinski definition) is 3. The number of non-ortho nitro benzene ring substituents is 1. The van der Waals surface area contributed by atoms with E-state index in [0.717, 1.165) is 37.4 Å². The van der Waals surface area contributed by atoms with Crippen LogP contribution < -0.4 is 10.2 Å². The molecule has 1 fully saturated rings. The van der Waals surface area contributed by atoms with Gasteiger partial charge in [0.1, 0.15) is 0 Å². The van der Waals surface area contributed by atoms with Crippen LogP contribution in [0.5, 0.6) is 0 Å². The van der Waals surface area contributed by atoms with Gasteiger partial charge in [-0.1, -0.05) is 91.9 Å². The van der Waals surface area contributed by atoms with Gasteiger partial charge in [-0.05, 0) is 60.6 Å². The smallest absolute Gasteiger partial charge is 0.333 e. The first-order chi connectivity index (χ1) is 24.5. The lowest BCUT2D eigenvalue weighted by molar-refractivity contribution is -0.384. The number of hydrogen-bond acceptors (Lipinski definition) is 7. The third kappa shape index (κ3) is 7.37. The number of carbonyl (C=O) groups is 2. The van der Waals surface area contributed by atoms with E-state index in [4.69, 9.17) is 0 Å². The van der Waals surface area contributed by atoms with Crippen molar-refractivity contribution in [2.75, 3.05) is 31.1 Å². The van der Waals surface area contributed by atoms with Gasteiger partial charge in [0.05, 0.1) is 22.5 Å². The number of anilines is 1. The molecule has 0 radical (unpaired) electrons. The summed E-state index contributed by atoms with van der Waals surface area (Å²) in [6.07, 6.45) is 0.387. The number of rotatable bonds is 11. The van der Waals surface area contributed by atoms with Gasteiger partial charge in [0.15, 0.2) is 0 Å². The highest BCUT2D eigenvalue weighted by Crippen LogP contribution is 2.47. The molecule has 0 amide bonds. The zero-order valence-corrected chi connectivity index (χ0v) is 29.1. The van der Waals surface area contributed by atoms with Crippen LogP contribution in [0.3, 0.4) is 0 Å². The summed E-state index contributed by atoms with van der Waals surface area (Å²) in [5.41, 5.74) is 3.98. The molecule has 2 heterocycles. The fourth-order valence-electron chi connectivity index (χ4n) is 8.31. The molecule has 3 N–H and O–H groups in total. The van der Waals surface area contributed by atoms with Crippen LogP contribution in [0.25, 0.3) is 0 Å². The molecule has 0 bridgehead atoms. The summed E-state index contributed by atoms with van der Waals surface area (Å²) >= 11 is 0. The Morgan fingerprint density at radius 3 is 1.98 bits per heavy atom. The summed E-state index contributed by atoms with van der Waals surface area (Å²) in [5.74, 6) is -4.82. The number of aliphatic carboxylic acids is 2. The van der Waals surface area contributed by atoms with E-state index in [9.17, 15) is 29.9 Å². The van der Waals surface area contributed by atoms with E-state index in [1.54, 1.807) is 19.9 Å². The second-order valence-corrected chi connectivity index (χ2v) is 14.0. The van der Waals surface area contributed by atoms with Crippen LogP contribution in [-0.2, 0) is 9.59 Å². The summed E-state index contributed by atoms with van der Waals surface area (Å²) in [6.45, 7) is 9.05. The van der Waals surface area contributed by atoms with E-state index in [2.05, 4.69) is 100 Å². The lowest BCUT2D eigenvalue weighted by atomic mass is 9.64. The summed E-state index contributed by atoms with van der Waals surface area (Å²) < 4.78 is 0. The molecule has 10 heteroatoms. The maximum absolute atomic E-state index is 13.0. The number of benzene rings is 4. The molecule has 1 saturated heterocycles. The topological polar surface area (TPSA) is 136 Å². The van der Waals surface area contributed by atoms with Gasteiger partial charge in [0.2, 0.25) is 0 Å². The minimum absolute atomic E-state index is 0.0855. The van der Waals surface area contributed by atoms with Crippen LogP contribution in [0.4, 0.5) is 11.4 Å². The maximum atomic E-state index is 13.0. The van der Waals surface area contributed by atoms with E-state index in [1.165, 1.54) is 29.3 Å². The van der Waals surface area contributed by atoms with Crippen molar-refractivity contribution in [2.24, 2.45) is 5.92 Å². The van der Waals surface area contributed by atoms with Gasteiger partial charge in [-0.3, -0.25) is 19.8 Å². The third-order valence-corrected chi connectivity index (χ3v) is 10.6. The summed E-state index contributed by atoms with van der Waals surface area (Å²) in [6, 6.07) is 35.5. The average molecular weight is 689 g/mol. The van der Waals surface area contributed by atoms with Crippen LogP contribution in [0.2, 0.25) is 0 Å². The lowest BCUT2D eigenvalue weighted by Gasteiger charge is -2.47. The molecular formula is C41H44N4O6. The first-order valence-electron chi connectivity index (χ1n) is 17.3. The second-order valence-electron chi connectivity index (χ2n) is 14.0. The standard InChI is InChI=1S/C41H44N4O6/c1-27(26-41(3)37(40(48)49)36(35(39(46)47)28(2)42-41)32-15-10-16-34(25-32)45(50)51)29-17-19-33(20-18-29)43-21-23-44(24-22-43)38(30-11-6-4-7-12-30)31-13-8-5-9-14-31/h4-20,25,27,36-38,42H,21-24,26H2,1-3H3,(H,46,47)(H,48,49).